The monoisotopic (exact) mass is 393 g/mol. The van der Waals surface area contributed by atoms with E-state index in [0.29, 0.717) is 28.4 Å². The van der Waals surface area contributed by atoms with E-state index in [-0.39, 0.29) is 11.8 Å². The number of hydrogen-bond donors (Lipinski definition) is 2. The molecule has 0 aliphatic carbocycles. The molecule has 5 nitrogen and oxygen atoms in total. The van der Waals surface area contributed by atoms with Crippen molar-refractivity contribution in [2.75, 3.05) is 5.32 Å². The second kappa shape index (κ2) is 8.67. The molecule has 0 atom stereocenters. The first-order valence-corrected chi connectivity index (χ1v) is 9.17. The van der Waals surface area contributed by atoms with E-state index in [2.05, 4.69) is 15.6 Å². The Kier molecular flexibility index (Phi) is 6.06. The maximum absolute atomic E-state index is 12.6. The summed E-state index contributed by atoms with van der Waals surface area (Å²) < 4.78 is 0. The van der Waals surface area contributed by atoms with Gasteiger partial charge in [-0.15, -0.1) is 0 Å². The molecule has 0 saturated carbocycles. The van der Waals surface area contributed by atoms with Crippen molar-refractivity contribution < 1.29 is 9.59 Å². The molecule has 2 N–H and O–H groups in total. The maximum Gasteiger partial charge on any atom is 0.255 e. The van der Waals surface area contributed by atoms with Crippen LogP contribution in [0.25, 0.3) is 0 Å². The summed E-state index contributed by atoms with van der Waals surface area (Å²) in [5.41, 5.74) is 4.16. The molecular weight excluding hydrogens is 374 g/mol. The highest BCUT2D eigenvalue weighted by Gasteiger charge is 2.13. The highest BCUT2D eigenvalue weighted by atomic mass is 35.5. The minimum atomic E-state index is -0.323. The van der Waals surface area contributed by atoms with Gasteiger partial charge in [0.15, 0.2) is 0 Å². The highest BCUT2D eigenvalue weighted by Crippen LogP contribution is 2.27. The van der Waals surface area contributed by atoms with Gasteiger partial charge in [0.2, 0.25) is 0 Å². The van der Waals surface area contributed by atoms with Crippen molar-refractivity contribution in [3.05, 3.63) is 93.8 Å². The van der Waals surface area contributed by atoms with E-state index >= 15 is 0 Å². The predicted molar refractivity (Wildman–Crippen MR) is 111 cm³/mol. The number of nitrogens with zero attached hydrogens (tertiary/aromatic N) is 1. The Morgan fingerprint density at radius 2 is 1.75 bits per heavy atom. The number of aromatic nitrogens is 1. The molecule has 0 unspecified atom stereocenters. The third-order valence-electron chi connectivity index (χ3n) is 4.23. The van der Waals surface area contributed by atoms with Crippen LogP contribution in [0.5, 0.6) is 0 Å². The molecule has 0 aliphatic heterocycles. The van der Waals surface area contributed by atoms with Crippen LogP contribution in [0.15, 0.2) is 60.9 Å². The summed E-state index contributed by atoms with van der Waals surface area (Å²) in [4.78, 5) is 29.1. The van der Waals surface area contributed by atoms with Gasteiger partial charge >= 0.3 is 0 Å². The molecular formula is C22H20ClN3O2. The lowest BCUT2D eigenvalue weighted by Crippen LogP contribution is -2.23. The van der Waals surface area contributed by atoms with E-state index in [9.17, 15) is 9.59 Å². The fourth-order valence-electron chi connectivity index (χ4n) is 2.85. The number of benzene rings is 2. The molecule has 142 valence electrons. The number of carbonyl (C=O) groups is 2. The molecule has 2 aromatic carbocycles. The summed E-state index contributed by atoms with van der Waals surface area (Å²) >= 11 is 6.26. The Hall–Kier alpha value is -3.18. The molecule has 0 saturated heterocycles. The molecule has 0 bridgehead atoms. The molecule has 3 aromatic rings. The summed E-state index contributed by atoms with van der Waals surface area (Å²) in [6, 6.07) is 14.0. The Bertz CT molecular complexity index is 996. The first-order chi connectivity index (χ1) is 13.4. The van der Waals surface area contributed by atoms with Crippen LogP contribution in [0.3, 0.4) is 0 Å². The molecule has 6 heteroatoms. The SMILES string of the molecule is Cc1cc(C)c(NC(=O)c2cccc(C(=O)NCc3cccnc3)c2)c(Cl)c1. The Morgan fingerprint density at radius 1 is 1.00 bits per heavy atom. The van der Waals surface area contributed by atoms with Crippen molar-refractivity contribution in [1.82, 2.24) is 10.3 Å². The molecule has 3 rings (SSSR count). The zero-order valence-corrected chi connectivity index (χ0v) is 16.4. The van der Waals surface area contributed by atoms with Gasteiger partial charge in [0, 0.05) is 30.1 Å². The summed E-state index contributed by atoms with van der Waals surface area (Å²) in [7, 11) is 0. The van der Waals surface area contributed by atoms with Crippen LogP contribution in [0.2, 0.25) is 5.02 Å². The minimum absolute atomic E-state index is 0.261. The largest absolute Gasteiger partial charge is 0.348 e. The van der Waals surface area contributed by atoms with Gasteiger partial charge < -0.3 is 10.6 Å². The lowest BCUT2D eigenvalue weighted by atomic mass is 10.1. The van der Waals surface area contributed by atoms with Crippen LogP contribution in [-0.4, -0.2) is 16.8 Å². The zero-order chi connectivity index (χ0) is 20.1. The van der Waals surface area contributed by atoms with E-state index in [0.717, 1.165) is 16.7 Å². The summed E-state index contributed by atoms with van der Waals surface area (Å²) in [5, 5.41) is 6.14. The predicted octanol–water partition coefficient (Wildman–Crippen LogP) is 4.53. The maximum atomic E-state index is 12.6. The van der Waals surface area contributed by atoms with Crippen LogP contribution >= 0.6 is 11.6 Å². The highest BCUT2D eigenvalue weighted by molar-refractivity contribution is 6.34. The number of nitrogens with one attached hydrogen (secondary N) is 2. The van der Waals surface area contributed by atoms with Gasteiger partial charge in [-0.2, -0.15) is 0 Å². The van der Waals surface area contributed by atoms with Crippen molar-refractivity contribution in [3.8, 4) is 0 Å². The number of rotatable bonds is 5. The first-order valence-electron chi connectivity index (χ1n) is 8.79. The normalized spacial score (nSPS) is 10.4. The Morgan fingerprint density at radius 3 is 2.43 bits per heavy atom. The third kappa shape index (κ3) is 4.75. The summed E-state index contributed by atoms with van der Waals surface area (Å²) in [6.45, 7) is 4.19. The van der Waals surface area contributed by atoms with Gasteiger partial charge in [-0.3, -0.25) is 14.6 Å². The van der Waals surface area contributed by atoms with Gasteiger partial charge in [-0.25, -0.2) is 0 Å². The van der Waals surface area contributed by atoms with Crippen LogP contribution in [-0.2, 0) is 6.54 Å². The first kappa shape index (κ1) is 19.6. The lowest BCUT2D eigenvalue weighted by Gasteiger charge is -2.12. The standard InChI is InChI=1S/C22H20ClN3O2/c1-14-9-15(2)20(19(23)10-14)26-22(28)18-7-3-6-17(11-18)21(27)25-13-16-5-4-8-24-12-16/h3-12H,13H2,1-2H3,(H,25,27)(H,26,28). The van der Waals surface area contributed by atoms with E-state index < -0.39 is 0 Å². The average molecular weight is 394 g/mol. The minimum Gasteiger partial charge on any atom is -0.348 e. The molecule has 0 aliphatic rings. The number of pyridine rings is 1. The second-order valence-electron chi connectivity index (χ2n) is 6.52. The Labute approximate surface area is 168 Å². The average Bonchev–Trinajstić information content (AvgIpc) is 2.69. The topological polar surface area (TPSA) is 71.1 Å². The van der Waals surface area contributed by atoms with Gasteiger partial charge in [0.05, 0.1) is 10.7 Å². The fourth-order valence-corrected chi connectivity index (χ4v) is 3.22. The molecule has 0 radical (unpaired) electrons. The number of amides is 2. The summed E-state index contributed by atoms with van der Waals surface area (Å²) in [6.07, 6.45) is 3.37. The number of carbonyl (C=O) groups excluding carboxylic acids is 2. The lowest BCUT2D eigenvalue weighted by molar-refractivity contribution is 0.0951. The van der Waals surface area contributed by atoms with Crippen molar-refractivity contribution in [3.63, 3.8) is 0 Å². The van der Waals surface area contributed by atoms with Crippen molar-refractivity contribution in [2.24, 2.45) is 0 Å². The third-order valence-corrected chi connectivity index (χ3v) is 4.53. The molecule has 0 fully saturated rings. The quantitative estimate of drug-likeness (QED) is 0.668. The van der Waals surface area contributed by atoms with Gasteiger partial charge in [0.25, 0.3) is 11.8 Å². The molecule has 2 amide bonds. The smallest absolute Gasteiger partial charge is 0.255 e. The summed E-state index contributed by atoms with van der Waals surface area (Å²) in [5.74, 6) is -0.584. The van der Waals surface area contributed by atoms with Crippen LogP contribution in [0.1, 0.15) is 37.4 Å². The van der Waals surface area contributed by atoms with Crippen LogP contribution in [0.4, 0.5) is 5.69 Å². The van der Waals surface area contributed by atoms with E-state index in [1.165, 1.54) is 0 Å². The van der Waals surface area contributed by atoms with E-state index in [1.807, 2.05) is 32.0 Å². The van der Waals surface area contributed by atoms with Gasteiger partial charge in [-0.05, 0) is 60.9 Å². The Balaban J connectivity index is 1.72. The van der Waals surface area contributed by atoms with Crippen molar-refractivity contribution in [2.45, 2.75) is 20.4 Å². The van der Waals surface area contributed by atoms with Crippen LogP contribution < -0.4 is 10.6 Å². The molecule has 28 heavy (non-hydrogen) atoms. The number of hydrogen-bond acceptors (Lipinski definition) is 3. The number of anilines is 1. The molecule has 0 spiro atoms. The van der Waals surface area contributed by atoms with Crippen molar-refractivity contribution in [1.29, 1.82) is 0 Å². The van der Waals surface area contributed by atoms with Crippen molar-refractivity contribution >= 4 is 29.1 Å². The number of halogens is 1. The second-order valence-corrected chi connectivity index (χ2v) is 6.92. The molecule has 1 aromatic heterocycles. The number of aryl methyl sites for hydroxylation is 2. The fraction of sp³-hybridized carbons (Fsp3) is 0.136. The van der Waals surface area contributed by atoms with E-state index in [1.54, 1.807) is 42.7 Å². The molecule has 1 heterocycles. The van der Waals surface area contributed by atoms with Gasteiger partial charge in [-0.1, -0.05) is 29.8 Å². The zero-order valence-electron chi connectivity index (χ0n) is 15.6. The van der Waals surface area contributed by atoms with E-state index in [4.69, 9.17) is 11.6 Å². The van der Waals surface area contributed by atoms with Gasteiger partial charge in [0.1, 0.15) is 0 Å². The van der Waals surface area contributed by atoms with Crippen LogP contribution in [0, 0.1) is 13.8 Å².